The van der Waals surface area contributed by atoms with E-state index in [9.17, 15) is 0 Å². The maximum atomic E-state index is 5.65. The summed E-state index contributed by atoms with van der Waals surface area (Å²) in [5, 5.41) is 3.52. The molecule has 0 spiro atoms. The molecule has 0 aliphatic carbocycles. The van der Waals surface area contributed by atoms with E-state index < -0.39 is 0 Å². The largest absolute Gasteiger partial charge is 0.489 e. The maximum Gasteiger partial charge on any atom is 0.124 e. The van der Waals surface area contributed by atoms with Gasteiger partial charge in [-0.3, -0.25) is 0 Å². The smallest absolute Gasteiger partial charge is 0.124 e. The first-order valence-electron chi connectivity index (χ1n) is 6.97. The van der Waals surface area contributed by atoms with E-state index >= 15 is 0 Å². The molecule has 0 fully saturated rings. The highest BCUT2D eigenvalue weighted by Crippen LogP contribution is 2.24. The fourth-order valence-corrected chi connectivity index (χ4v) is 1.67. The van der Waals surface area contributed by atoms with Crippen LogP contribution < -0.4 is 10.1 Å². The van der Waals surface area contributed by atoms with Crippen molar-refractivity contribution in [3.63, 3.8) is 0 Å². The minimum absolute atomic E-state index is 0.339. The first-order valence-corrected chi connectivity index (χ1v) is 6.97. The van der Waals surface area contributed by atoms with Gasteiger partial charge in [-0.2, -0.15) is 0 Å². The van der Waals surface area contributed by atoms with Gasteiger partial charge in [0.1, 0.15) is 12.4 Å². The Balaban J connectivity index is 2.51. The number of hydrogen-bond donors (Lipinski definition) is 1. The first-order chi connectivity index (χ1) is 8.95. The lowest BCUT2D eigenvalue weighted by Gasteiger charge is -2.27. The highest BCUT2D eigenvalue weighted by atomic mass is 16.5. The molecule has 0 heterocycles. The fourth-order valence-electron chi connectivity index (χ4n) is 1.67. The Kier molecular flexibility index (Phi) is 6.10. The lowest BCUT2D eigenvalue weighted by atomic mass is 9.82. The number of benzene rings is 1. The average molecular weight is 261 g/mol. The second-order valence-corrected chi connectivity index (χ2v) is 6.11. The SMILES string of the molecule is C=CCOc1ccccc1CNCC(C)C(C)(C)C. The van der Waals surface area contributed by atoms with E-state index in [0.717, 1.165) is 18.8 Å². The molecule has 0 amide bonds. The highest BCUT2D eigenvalue weighted by Gasteiger charge is 2.19. The number of para-hydroxylation sites is 1. The fraction of sp³-hybridized carbons (Fsp3) is 0.529. The van der Waals surface area contributed by atoms with Gasteiger partial charge in [0, 0.05) is 12.1 Å². The van der Waals surface area contributed by atoms with E-state index in [0.29, 0.717) is 17.9 Å². The lowest BCUT2D eigenvalue weighted by Crippen LogP contribution is -2.29. The van der Waals surface area contributed by atoms with Gasteiger partial charge in [0.25, 0.3) is 0 Å². The lowest BCUT2D eigenvalue weighted by molar-refractivity contribution is 0.252. The summed E-state index contributed by atoms with van der Waals surface area (Å²) in [6.07, 6.45) is 1.77. The summed E-state index contributed by atoms with van der Waals surface area (Å²) in [5.41, 5.74) is 1.54. The highest BCUT2D eigenvalue weighted by molar-refractivity contribution is 5.33. The van der Waals surface area contributed by atoms with E-state index in [2.05, 4.69) is 45.7 Å². The predicted molar refractivity (Wildman–Crippen MR) is 82.5 cm³/mol. The Hall–Kier alpha value is -1.28. The van der Waals surface area contributed by atoms with Crippen LogP contribution in [0.5, 0.6) is 5.75 Å². The van der Waals surface area contributed by atoms with Gasteiger partial charge < -0.3 is 10.1 Å². The number of rotatable bonds is 7. The summed E-state index contributed by atoms with van der Waals surface area (Å²) < 4.78 is 5.65. The third kappa shape index (κ3) is 5.48. The molecule has 1 aromatic rings. The van der Waals surface area contributed by atoms with Crippen molar-refractivity contribution in [1.82, 2.24) is 5.32 Å². The van der Waals surface area contributed by atoms with Gasteiger partial charge in [0.2, 0.25) is 0 Å². The van der Waals surface area contributed by atoms with Gasteiger partial charge in [-0.05, 0) is 23.9 Å². The van der Waals surface area contributed by atoms with Crippen LogP contribution in [0.1, 0.15) is 33.3 Å². The molecule has 19 heavy (non-hydrogen) atoms. The molecular formula is C17H27NO. The van der Waals surface area contributed by atoms with Crippen molar-refractivity contribution in [3.05, 3.63) is 42.5 Å². The van der Waals surface area contributed by atoms with Crippen LogP contribution in [0.2, 0.25) is 0 Å². The molecule has 0 saturated carbocycles. The predicted octanol–water partition coefficient (Wildman–Crippen LogP) is 4.02. The Morgan fingerprint density at radius 1 is 1.32 bits per heavy atom. The van der Waals surface area contributed by atoms with Crippen molar-refractivity contribution in [2.24, 2.45) is 11.3 Å². The minimum atomic E-state index is 0.339. The Morgan fingerprint density at radius 3 is 2.63 bits per heavy atom. The summed E-state index contributed by atoms with van der Waals surface area (Å²) in [5.74, 6) is 1.58. The summed E-state index contributed by atoms with van der Waals surface area (Å²) in [4.78, 5) is 0. The summed E-state index contributed by atoms with van der Waals surface area (Å²) >= 11 is 0. The molecule has 0 radical (unpaired) electrons. The molecule has 0 aliphatic heterocycles. The molecule has 0 bridgehead atoms. The zero-order valence-corrected chi connectivity index (χ0v) is 12.7. The van der Waals surface area contributed by atoms with Crippen molar-refractivity contribution in [1.29, 1.82) is 0 Å². The van der Waals surface area contributed by atoms with Crippen LogP contribution in [0.4, 0.5) is 0 Å². The van der Waals surface area contributed by atoms with E-state index in [1.54, 1.807) is 6.08 Å². The van der Waals surface area contributed by atoms with Crippen LogP contribution in [0.15, 0.2) is 36.9 Å². The van der Waals surface area contributed by atoms with Crippen molar-refractivity contribution >= 4 is 0 Å². The van der Waals surface area contributed by atoms with E-state index in [-0.39, 0.29) is 0 Å². The van der Waals surface area contributed by atoms with Crippen LogP contribution >= 0.6 is 0 Å². The second-order valence-electron chi connectivity index (χ2n) is 6.11. The second kappa shape index (κ2) is 7.34. The van der Waals surface area contributed by atoms with Crippen molar-refractivity contribution in [2.75, 3.05) is 13.2 Å². The summed E-state index contributed by atoms with van der Waals surface area (Å²) in [6.45, 7) is 15.2. The Morgan fingerprint density at radius 2 is 2.00 bits per heavy atom. The molecule has 106 valence electrons. The zero-order valence-electron chi connectivity index (χ0n) is 12.7. The average Bonchev–Trinajstić information content (AvgIpc) is 2.36. The van der Waals surface area contributed by atoms with Crippen molar-refractivity contribution < 1.29 is 4.74 Å². The van der Waals surface area contributed by atoms with E-state index in [4.69, 9.17) is 4.74 Å². The molecule has 0 aliphatic rings. The third-order valence-corrected chi connectivity index (χ3v) is 3.57. The molecule has 2 heteroatoms. The van der Waals surface area contributed by atoms with Gasteiger partial charge in [-0.1, -0.05) is 58.5 Å². The van der Waals surface area contributed by atoms with Crippen LogP contribution in [0.25, 0.3) is 0 Å². The van der Waals surface area contributed by atoms with E-state index in [1.165, 1.54) is 5.56 Å². The quantitative estimate of drug-likeness (QED) is 0.748. The normalized spacial score (nSPS) is 13.1. The molecule has 1 aromatic carbocycles. The Bertz CT molecular complexity index is 392. The van der Waals surface area contributed by atoms with Crippen LogP contribution in [0, 0.1) is 11.3 Å². The van der Waals surface area contributed by atoms with Gasteiger partial charge in [-0.25, -0.2) is 0 Å². The monoisotopic (exact) mass is 261 g/mol. The Labute approximate surface area is 117 Å². The number of nitrogens with one attached hydrogen (secondary N) is 1. The third-order valence-electron chi connectivity index (χ3n) is 3.57. The van der Waals surface area contributed by atoms with Gasteiger partial charge in [0.15, 0.2) is 0 Å². The van der Waals surface area contributed by atoms with Crippen LogP contribution in [-0.2, 0) is 6.54 Å². The maximum absolute atomic E-state index is 5.65. The van der Waals surface area contributed by atoms with Crippen LogP contribution in [0.3, 0.4) is 0 Å². The number of ether oxygens (including phenoxy) is 1. The molecule has 1 atom stereocenters. The van der Waals surface area contributed by atoms with Gasteiger partial charge >= 0.3 is 0 Å². The molecule has 0 saturated heterocycles. The molecule has 1 N–H and O–H groups in total. The summed E-state index contributed by atoms with van der Waals surface area (Å²) in [7, 11) is 0. The number of hydrogen-bond acceptors (Lipinski definition) is 2. The molecular weight excluding hydrogens is 234 g/mol. The molecule has 1 rings (SSSR count). The van der Waals surface area contributed by atoms with Crippen LogP contribution in [-0.4, -0.2) is 13.2 Å². The topological polar surface area (TPSA) is 21.3 Å². The molecule has 1 unspecified atom stereocenters. The van der Waals surface area contributed by atoms with Crippen molar-refractivity contribution in [3.8, 4) is 5.75 Å². The first kappa shape index (κ1) is 15.8. The van der Waals surface area contributed by atoms with E-state index in [1.807, 2.05) is 18.2 Å². The zero-order chi connectivity index (χ0) is 14.3. The minimum Gasteiger partial charge on any atom is -0.489 e. The van der Waals surface area contributed by atoms with Gasteiger partial charge in [0.05, 0.1) is 0 Å². The summed E-state index contributed by atoms with van der Waals surface area (Å²) in [6, 6.07) is 8.16. The van der Waals surface area contributed by atoms with Gasteiger partial charge in [-0.15, -0.1) is 0 Å². The molecule has 2 nitrogen and oxygen atoms in total. The standard InChI is InChI=1S/C17H27NO/c1-6-11-19-16-10-8-7-9-15(16)13-18-12-14(2)17(3,4)5/h6-10,14,18H,1,11-13H2,2-5H3. The van der Waals surface area contributed by atoms with Crippen molar-refractivity contribution in [2.45, 2.75) is 34.2 Å². The molecule has 0 aromatic heterocycles.